The second-order valence-corrected chi connectivity index (χ2v) is 11.1. The van der Waals surface area contributed by atoms with Gasteiger partial charge in [-0.15, -0.1) is 0 Å². The van der Waals surface area contributed by atoms with Crippen molar-refractivity contribution in [2.24, 2.45) is 0 Å². The van der Waals surface area contributed by atoms with E-state index in [4.69, 9.17) is 11.6 Å². The van der Waals surface area contributed by atoms with Gasteiger partial charge in [-0.05, 0) is 72.6 Å². The number of carbonyl (C=O) groups is 2. The fraction of sp³-hybridized carbons (Fsp3) is 0.242. The largest absolute Gasteiger partial charge is 0.508 e. The number of halogens is 1. The Morgan fingerprint density at radius 3 is 2.31 bits per heavy atom. The first-order valence-electron chi connectivity index (χ1n) is 13.8. The molecule has 42 heavy (non-hydrogen) atoms. The molecule has 3 N–H and O–H groups in total. The number of hydrogen-bond acceptors (Lipinski definition) is 6. The first kappa shape index (κ1) is 29.3. The highest BCUT2D eigenvalue weighted by atomic mass is 35.5. The molecule has 0 spiro atoms. The number of piperazine rings is 1. The van der Waals surface area contributed by atoms with Crippen molar-refractivity contribution in [1.82, 2.24) is 20.1 Å². The number of aromatic carboxylic acids is 1. The summed E-state index contributed by atoms with van der Waals surface area (Å²) in [6.45, 7) is 4.33. The lowest BCUT2D eigenvalue weighted by atomic mass is 10.0. The van der Waals surface area contributed by atoms with E-state index in [0.29, 0.717) is 28.9 Å². The van der Waals surface area contributed by atoms with Gasteiger partial charge < -0.3 is 20.4 Å². The quantitative estimate of drug-likeness (QED) is 0.236. The molecular weight excluding hydrogens is 552 g/mol. The highest BCUT2D eigenvalue weighted by Gasteiger charge is 2.23. The van der Waals surface area contributed by atoms with E-state index in [0.717, 1.165) is 42.9 Å². The minimum absolute atomic E-state index is 0.0149. The smallest absolute Gasteiger partial charge is 0.336 e. The topological polar surface area (TPSA) is 106 Å². The molecule has 1 fully saturated rings. The molecule has 1 amide bonds. The highest BCUT2D eigenvalue weighted by Crippen LogP contribution is 2.23. The molecule has 1 aliphatic heterocycles. The van der Waals surface area contributed by atoms with Gasteiger partial charge in [0.25, 0.3) is 5.91 Å². The first-order valence-corrected chi connectivity index (χ1v) is 14.2. The van der Waals surface area contributed by atoms with E-state index in [1.807, 2.05) is 42.5 Å². The average Bonchev–Trinajstić information content (AvgIpc) is 2.98. The van der Waals surface area contributed by atoms with Crippen LogP contribution < -0.4 is 5.32 Å². The van der Waals surface area contributed by atoms with Crippen LogP contribution in [-0.2, 0) is 6.42 Å². The lowest BCUT2D eigenvalue weighted by molar-refractivity contribution is 0.0699. The number of phenols is 1. The van der Waals surface area contributed by atoms with Crippen molar-refractivity contribution in [1.29, 1.82) is 0 Å². The van der Waals surface area contributed by atoms with Crippen LogP contribution in [0, 0.1) is 0 Å². The van der Waals surface area contributed by atoms with Gasteiger partial charge in [0.15, 0.2) is 0 Å². The van der Waals surface area contributed by atoms with Crippen LogP contribution in [0.25, 0.3) is 23.1 Å². The van der Waals surface area contributed by atoms with E-state index < -0.39 is 11.9 Å². The number of fused-ring (bicyclic) bond motifs is 1. The number of aromatic nitrogens is 1. The molecule has 3 aromatic carbocycles. The Morgan fingerprint density at radius 1 is 0.952 bits per heavy atom. The van der Waals surface area contributed by atoms with Crippen molar-refractivity contribution in [2.75, 3.05) is 39.8 Å². The minimum atomic E-state index is -1.13. The Hall–Kier alpha value is -4.24. The molecule has 1 aliphatic rings. The normalized spacial score (nSPS) is 15.2. The molecule has 1 saturated heterocycles. The van der Waals surface area contributed by atoms with E-state index in [1.54, 1.807) is 36.4 Å². The molecule has 0 bridgehead atoms. The Balaban J connectivity index is 1.39. The van der Waals surface area contributed by atoms with Crippen LogP contribution in [0.2, 0.25) is 5.02 Å². The van der Waals surface area contributed by atoms with Crippen LogP contribution in [0.3, 0.4) is 0 Å². The second kappa shape index (κ2) is 13.2. The summed E-state index contributed by atoms with van der Waals surface area (Å²) in [4.78, 5) is 34.9. The number of pyridine rings is 1. The third-order valence-electron chi connectivity index (χ3n) is 7.46. The molecule has 1 atom stereocenters. The van der Waals surface area contributed by atoms with Crippen LogP contribution in [-0.4, -0.2) is 82.7 Å². The highest BCUT2D eigenvalue weighted by molar-refractivity contribution is 6.30. The fourth-order valence-electron chi connectivity index (χ4n) is 5.09. The van der Waals surface area contributed by atoms with E-state index >= 15 is 0 Å². The predicted octanol–water partition coefficient (Wildman–Crippen LogP) is 5.05. The monoisotopic (exact) mass is 584 g/mol. The maximum Gasteiger partial charge on any atom is 0.336 e. The summed E-state index contributed by atoms with van der Waals surface area (Å²) >= 11 is 5.97. The van der Waals surface area contributed by atoms with Crippen molar-refractivity contribution in [3.63, 3.8) is 0 Å². The van der Waals surface area contributed by atoms with Gasteiger partial charge in [-0.3, -0.25) is 9.69 Å². The molecule has 0 radical (unpaired) electrons. The summed E-state index contributed by atoms with van der Waals surface area (Å²) in [5.74, 6) is -1.37. The molecule has 4 aromatic rings. The van der Waals surface area contributed by atoms with Gasteiger partial charge >= 0.3 is 5.97 Å². The van der Waals surface area contributed by atoms with Crippen molar-refractivity contribution in [3.05, 3.63) is 106 Å². The molecule has 5 rings (SSSR count). The van der Waals surface area contributed by atoms with Gasteiger partial charge in [0.1, 0.15) is 11.4 Å². The molecule has 216 valence electrons. The summed E-state index contributed by atoms with van der Waals surface area (Å²) in [5, 5.41) is 23.9. The van der Waals surface area contributed by atoms with E-state index in [1.165, 1.54) is 6.07 Å². The first-order chi connectivity index (χ1) is 20.2. The lowest BCUT2D eigenvalue weighted by Crippen LogP contribution is -2.51. The van der Waals surface area contributed by atoms with Crippen LogP contribution in [0.15, 0.2) is 72.8 Å². The molecule has 8 nitrogen and oxygen atoms in total. The summed E-state index contributed by atoms with van der Waals surface area (Å²) in [6.07, 6.45) is 4.37. The molecule has 0 saturated carbocycles. The van der Waals surface area contributed by atoms with Gasteiger partial charge in [-0.1, -0.05) is 54.1 Å². The van der Waals surface area contributed by atoms with Gasteiger partial charge in [0, 0.05) is 49.2 Å². The molecule has 1 aromatic heterocycles. The number of carboxylic acid groups (broad SMARTS) is 1. The number of carboxylic acids is 1. The van der Waals surface area contributed by atoms with Gasteiger partial charge in [-0.25, -0.2) is 9.78 Å². The molecule has 0 aliphatic carbocycles. The molecule has 2 heterocycles. The average molecular weight is 585 g/mol. The number of aromatic hydroxyl groups is 1. The number of rotatable bonds is 9. The third kappa shape index (κ3) is 7.53. The van der Waals surface area contributed by atoms with E-state index in [9.17, 15) is 19.8 Å². The molecule has 0 unspecified atom stereocenters. The van der Waals surface area contributed by atoms with E-state index in [2.05, 4.69) is 27.1 Å². The van der Waals surface area contributed by atoms with Gasteiger partial charge in [0.2, 0.25) is 0 Å². The van der Waals surface area contributed by atoms with Gasteiger partial charge in [0.05, 0.1) is 11.1 Å². The fourth-order valence-corrected chi connectivity index (χ4v) is 5.21. The Morgan fingerprint density at radius 2 is 1.62 bits per heavy atom. The SMILES string of the molecule is CN1CCN(C[C@H](Cc2ccc(O)cc2)NC(=O)c2cc(C(=O)O)c3cc(/C=C/c4ccc(Cl)cc4)ccc3n2)CC1. The number of phenolic OH excluding ortho intramolecular Hbond substituents is 1. The minimum Gasteiger partial charge on any atom is -0.508 e. The Bertz CT molecular complexity index is 1600. The van der Waals surface area contributed by atoms with Crippen LogP contribution in [0.5, 0.6) is 5.75 Å². The summed E-state index contributed by atoms with van der Waals surface area (Å²) < 4.78 is 0. The lowest BCUT2D eigenvalue weighted by Gasteiger charge is -2.35. The maximum atomic E-state index is 13.5. The number of carbonyl (C=O) groups excluding carboxylic acids is 1. The molecule has 9 heteroatoms. The van der Waals surface area contributed by atoms with Crippen molar-refractivity contribution in [2.45, 2.75) is 12.5 Å². The molecular formula is C33H33ClN4O4. The number of likely N-dealkylation sites (N-methyl/N-ethyl adjacent to an activating group) is 1. The van der Waals surface area contributed by atoms with Crippen molar-refractivity contribution >= 4 is 46.5 Å². The van der Waals surface area contributed by atoms with E-state index in [-0.39, 0.29) is 23.0 Å². The standard InChI is InChI=1S/C33H33ClN4O4/c1-37-14-16-38(17-15-37)21-26(18-23-6-11-27(39)12-7-23)35-32(40)31-20-29(33(41)42)28-19-24(8-13-30(28)36-31)3-2-22-4-9-25(34)10-5-22/h2-13,19-20,26,39H,14-18,21H2,1H3,(H,35,40)(H,41,42)/b3-2+/t26-/m0/s1. The number of amides is 1. The summed E-state index contributed by atoms with van der Waals surface area (Å²) in [7, 11) is 2.09. The summed E-state index contributed by atoms with van der Waals surface area (Å²) in [5.41, 5.74) is 3.24. The number of hydrogen-bond donors (Lipinski definition) is 3. The Kier molecular flexibility index (Phi) is 9.17. The Labute approximate surface area is 249 Å². The van der Waals surface area contributed by atoms with Crippen LogP contribution >= 0.6 is 11.6 Å². The third-order valence-corrected chi connectivity index (χ3v) is 7.71. The van der Waals surface area contributed by atoms with Crippen LogP contribution in [0.4, 0.5) is 0 Å². The van der Waals surface area contributed by atoms with Gasteiger partial charge in [-0.2, -0.15) is 0 Å². The van der Waals surface area contributed by atoms with Crippen molar-refractivity contribution in [3.8, 4) is 5.75 Å². The number of benzene rings is 3. The zero-order valence-electron chi connectivity index (χ0n) is 23.3. The number of nitrogens with zero attached hydrogens (tertiary/aromatic N) is 3. The number of nitrogens with one attached hydrogen (secondary N) is 1. The zero-order valence-corrected chi connectivity index (χ0v) is 24.1. The van der Waals surface area contributed by atoms with Crippen molar-refractivity contribution < 1.29 is 19.8 Å². The summed E-state index contributed by atoms with van der Waals surface area (Å²) in [6, 6.07) is 20.8. The zero-order chi connectivity index (χ0) is 29.6. The maximum absolute atomic E-state index is 13.5. The predicted molar refractivity (Wildman–Crippen MR) is 166 cm³/mol. The van der Waals surface area contributed by atoms with Crippen LogP contribution in [0.1, 0.15) is 37.5 Å². The second-order valence-electron chi connectivity index (χ2n) is 10.7.